The molecule has 0 aromatic heterocycles. The van der Waals surface area contributed by atoms with E-state index in [2.05, 4.69) is 11.4 Å². The fourth-order valence-electron chi connectivity index (χ4n) is 2.74. The molecule has 1 aliphatic heterocycles. The Hall–Kier alpha value is -1.59. The Kier molecular flexibility index (Phi) is 5.20. The maximum Gasteiger partial charge on any atom is 0.317 e. The number of rotatable bonds is 4. The largest absolute Gasteiger partial charge is 0.393 e. The number of methoxy groups -OCH3 is 1. The highest BCUT2D eigenvalue weighted by molar-refractivity contribution is 5.74. The fourth-order valence-corrected chi connectivity index (χ4v) is 2.74. The van der Waals surface area contributed by atoms with Crippen molar-refractivity contribution >= 4 is 6.03 Å². The zero-order valence-corrected chi connectivity index (χ0v) is 12.8. The van der Waals surface area contributed by atoms with Crippen molar-refractivity contribution in [2.24, 2.45) is 0 Å². The number of nitrogens with one attached hydrogen (secondary N) is 1. The molecule has 1 unspecified atom stereocenters. The Morgan fingerprint density at radius 3 is 3.00 bits per heavy atom. The maximum atomic E-state index is 12.3. The van der Waals surface area contributed by atoms with Crippen molar-refractivity contribution in [1.29, 1.82) is 0 Å². The number of aliphatic hydroxyl groups excluding tert-OH is 1. The summed E-state index contributed by atoms with van der Waals surface area (Å²) in [6, 6.07) is 7.97. The number of piperidine rings is 1. The van der Waals surface area contributed by atoms with Gasteiger partial charge in [0.05, 0.1) is 13.2 Å². The molecule has 1 aromatic rings. The SMILES string of the molecule is COC1(CO)CCCN(C(=O)NCc2cccc(C)c2)C1. The Morgan fingerprint density at radius 1 is 1.52 bits per heavy atom. The van der Waals surface area contributed by atoms with Crippen LogP contribution in [0.4, 0.5) is 4.79 Å². The van der Waals surface area contributed by atoms with Gasteiger partial charge in [0, 0.05) is 20.2 Å². The summed E-state index contributed by atoms with van der Waals surface area (Å²) in [5.41, 5.74) is 1.65. The summed E-state index contributed by atoms with van der Waals surface area (Å²) in [7, 11) is 1.59. The average Bonchev–Trinajstić information content (AvgIpc) is 2.52. The number of ether oxygens (including phenoxy) is 1. The molecule has 1 aromatic carbocycles. The molecule has 0 bridgehead atoms. The first-order chi connectivity index (χ1) is 10.1. The van der Waals surface area contributed by atoms with Crippen molar-refractivity contribution in [3.8, 4) is 0 Å². The monoisotopic (exact) mass is 292 g/mol. The first-order valence-corrected chi connectivity index (χ1v) is 7.33. The van der Waals surface area contributed by atoms with Crippen LogP contribution < -0.4 is 5.32 Å². The van der Waals surface area contributed by atoms with E-state index in [0.29, 0.717) is 19.6 Å². The molecule has 5 heteroatoms. The molecule has 0 spiro atoms. The number of aliphatic hydroxyl groups is 1. The first kappa shape index (κ1) is 15.8. The minimum atomic E-state index is -0.612. The Morgan fingerprint density at radius 2 is 2.33 bits per heavy atom. The number of aryl methyl sites for hydroxylation is 1. The zero-order chi connectivity index (χ0) is 15.3. The van der Waals surface area contributed by atoms with Gasteiger partial charge >= 0.3 is 6.03 Å². The number of carbonyl (C=O) groups is 1. The summed E-state index contributed by atoms with van der Waals surface area (Å²) in [4.78, 5) is 14.0. The lowest BCUT2D eigenvalue weighted by atomic mass is 9.93. The number of urea groups is 1. The average molecular weight is 292 g/mol. The highest BCUT2D eigenvalue weighted by atomic mass is 16.5. The van der Waals surface area contributed by atoms with Gasteiger partial charge in [-0.2, -0.15) is 0 Å². The normalized spacial score (nSPS) is 22.1. The molecule has 1 aliphatic rings. The quantitative estimate of drug-likeness (QED) is 0.887. The van der Waals surface area contributed by atoms with E-state index < -0.39 is 5.60 Å². The molecule has 1 heterocycles. The van der Waals surface area contributed by atoms with Crippen molar-refractivity contribution in [3.63, 3.8) is 0 Å². The molecule has 2 amide bonds. The van der Waals surface area contributed by atoms with Crippen LogP contribution in [-0.4, -0.2) is 48.4 Å². The van der Waals surface area contributed by atoms with Crippen molar-refractivity contribution in [2.75, 3.05) is 26.8 Å². The molecular formula is C16H24N2O3. The smallest absolute Gasteiger partial charge is 0.317 e. The van der Waals surface area contributed by atoms with E-state index in [4.69, 9.17) is 4.74 Å². The molecular weight excluding hydrogens is 268 g/mol. The van der Waals surface area contributed by atoms with Crippen LogP contribution in [0.2, 0.25) is 0 Å². The van der Waals surface area contributed by atoms with Gasteiger partial charge in [-0.25, -0.2) is 4.79 Å². The number of carbonyl (C=O) groups excluding carboxylic acids is 1. The van der Waals surface area contributed by atoms with E-state index in [0.717, 1.165) is 18.4 Å². The Bertz CT molecular complexity index is 486. The lowest BCUT2D eigenvalue weighted by Gasteiger charge is -2.40. The summed E-state index contributed by atoms with van der Waals surface area (Å²) in [5.74, 6) is 0. The summed E-state index contributed by atoms with van der Waals surface area (Å²) in [6.45, 7) is 3.61. The van der Waals surface area contributed by atoms with Crippen LogP contribution in [0.25, 0.3) is 0 Å². The van der Waals surface area contributed by atoms with Crippen molar-refractivity contribution in [2.45, 2.75) is 31.9 Å². The Labute approximate surface area is 125 Å². The topological polar surface area (TPSA) is 61.8 Å². The van der Waals surface area contributed by atoms with Crippen molar-refractivity contribution in [3.05, 3.63) is 35.4 Å². The van der Waals surface area contributed by atoms with E-state index in [1.165, 1.54) is 5.56 Å². The van der Waals surface area contributed by atoms with Gasteiger partial charge in [0.1, 0.15) is 5.60 Å². The molecule has 5 nitrogen and oxygen atoms in total. The minimum Gasteiger partial charge on any atom is -0.393 e. The van der Waals surface area contributed by atoms with Gasteiger partial charge in [-0.3, -0.25) is 0 Å². The fraction of sp³-hybridized carbons (Fsp3) is 0.562. The molecule has 1 atom stereocenters. The standard InChI is InChI=1S/C16H24N2O3/c1-13-5-3-6-14(9-13)10-17-15(20)18-8-4-7-16(11-18,12-19)21-2/h3,5-6,9,19H,4,7-8,10-12H2,1-2H3,(H,17,20). The van der Waals surface area contributed by atoms with Crippen LogP contribution >= 0.6 is 0 Å². The highest BCUT2D eigenvalue weighted by Gasteiger charge is 2.36. The number of nitrogens with zero attached hydrogens (tertiary/aromatic N) is 1. The summed E-state index contributed by atoms with van der Waals surface area (Å²) in [5, 5.41) is 12.4. The molecule has 1 saturated heterocycles. The second-order valence-electron chi connectivity index (χ2n) is 5.72. The maximum absolute atomic E-state index is 12.3. The third kappa shape index (κ3) is 3.95. The number of likely N-dealkylation sites (tertiary alicyclic amines) is 1. The zero-order valence-electron chi connectivity index (χ0n) is 12.8. The van der Waals surface area contributed by atoms with E-state index >= 15 is 0 Å². The van der Waals surface area contributed by atoms with Crippen molar-refractivity contribution < 1.29 is 14.6 Å². The summed E-state index contributed by atoms with van der Waals surface area (Å²) < 4.78 is 5.42. The number of hydrogen-bond acceptors (Lipinski definition) is 3. The summed E-state index contributed by atoms with van der Waals surface area (Å²) >= 11 is 0. The van der Waals surface area contributed by atoms with Gasteiger partial charge in [-0.15, -0.1) is 0 Å². The molecule has 1 fully saturated rings. The molecule has 2 rings (SSSR count). The second kappa shape index (κ2) is 6.91. The van der Waals surface area contributed by atoms with Crippen LogP contribution in [0.15, 0.2) is 24.3 Å². The Balaban J connectivity index is 1.91. The lowest BCUT2D eigenvalue weighted by molar-refractivity contribution is -0.0866. The van der Waals surface area contributed by atoms with Crippen LogP contribution in [0.5, 0.6) is 0 Å². The van der Waals surface area contributed by atoms with Gasteiger partial charge in [0.15, 0.2) is 0 Å². The molecule has 21 heavy (non-hydrogen) atoms. The third-order valence-corrected chi connectivity index (χ3v) is 4.07. The van der Waals surface area contributed by atoms with E-state index in [1.54, 1.807) is 12.0 Å². The second-order valence-corrected chi connectivity index (χ2v) is 5.72. The van der Waals surface area contributed by atoms with Crippen LogP contribution in [0.3, 0.4) is 0 Å². The molecule has 0 saturated carbocycles. The van der Waals surface area contributed by atoms with E-state index in [9.17, 15) is 9.90 Å². The molecule has 2 N–H and O–H groups in total. The lowest BCUT2D eigenvalue weighted by Crippen LogP contribution is -2.55. The molecule has 116 valence electrons. The summed E-state index contributed by atoms with van der Waals surface area (Å²) in [6.07, 6.45) is 1.62. The van der Waals surface area contributed by atoms with Gasteiger partial charge in [-0.05, 0) is 25.3 Å². The number of amides is 2. The van der Waals surface area contributed by atoms with E-state index in [-0.39, 0.29) is 12.6 Å². The number of hydrogen-bond donors (Lipinski definition) is 2. The third-order valence-electron chi connectivity index (χ3n) is 4.07. The van der Waals surface area contributed by atoms with Crippen molar-refractivity contribution in [1.82, 2.24) is 10.2 Å². The van der Waals surface area contributed by atoms with Crippen LogP contribution in [0, 0.1) is 6.92 Å². The van der Waals surface area contributed by atoms with Gasteiger partial charge in [0.25, 0.3) is 0 Å². The predicted molar refractivity (Wildman–Crippen MR) is 81.0 cm³/mol. The van der Waals surface area contributed by atoms with Gasteiger partial charge in [0.2, 0.25) is 0 Å². The number of benzene rings is 1. The van der Waals surface area contributed by atoms with Gasteiger partial charge in [-0.1, -0.05) is 29.8 Å². The molecule has 0 aliphatic carbocycles. The van der Waals surface area contributed by atoms with E-state index in [1.807, 2.05) is 25.1 Å². The minimum absolute atomic E-state index is 0.0643. The predicted octanol–water partition coefficient (Wildman–Crippen LogP) is 1.68. The molecule has 0 radical (unpaired) electrons. The van der Waals surface area contributed by atoms with Crippen LogP contribution in [-0.2, 0) is 11.3 Å². The van der Waals surface area contributed by atoms with Gasteiger partial charge < -0.3 is 20.1 Å². The van der Waals surface area contributed by atoms with Crippen LogP contribution in [0.1, 0.15) is 24.0 Å². The first-order valence-electron chi connectivity index (χ1n) is 7.33. The highest BCUT2D eigenvalue weighted by Crippen LogP contribution is 2.24.